The number of para-hydroxylation sites is 4. The first-order valence-electron chi connectivity index (χ1n) is 11.4. The van der Waals surface area contributed by atoms with Crippen molar-refractivity contribution in [3.05, 3.63) is 54.4 Å². The molecule has 1 unspecified atom stereocenters. The van der Waals surface area contributed by atoms with E-state index in [0.717, 1.165) is 48.5 Å². The normalized spacial score (nSPS) is 18.7. The Bertz CT molecular complexity index is 1150. The summed E-state index contributed by atoms with van der Waals surface area (Å²) in [5.41, 5.74) is 2.59. The van der Waals surface area contributed by atoms with Crippen molar-refractivity contribution in [2.45, 2.75) is 38.6 Å². The van der Waals surface area contributed by atoms with Crippen LogP contribution in [-0.2, 0) is 16.1 Å². The summed E-state index contributed by atoms with van der Waals surface area (Å²) >= 11 is 0. The molecule has 0 saturated carbocycles. The van der Waals surface area contributed by atoms with Crippen molar-refractivity contribution in [1.29, 1.82) is 0 Å². The van der Waals surface area contributed by atoms with Crippen molar-refractivity contribution in [3.63, 3.8) is 0 Å². The Balaban J connectivity index is 1.47. The van der Waals surface area contributed by atoms with Gasteiger partial charge >= 0.3 is 0 Å². The molecular formula is C25H28N4O3. The zero-order chi connectivity index (χ0) is 22.1. The number of likely N-dealkylation sites (tertiary alicyclic amines) is 1. The lowest BCUT2D eigenvalue weighted by molar-refractivity contribution is -0.130. The molecule has 5 rings (SSSR count). The minimum absolute atomic E-state index is 0.0478. The molecule has 2 fully saturated rings. The lowest BCUT2D eigenvalue weighted by Crippen LogP contribution is -2.32. The van der Waals surface area contributed by atoms with E-state index >= 15 is 0 Å². The fourth-order valence-electron chi connectivity index (χ4n) is 4.84. The highest BCUT2D eigenvalue weighted by atomic mass is 16.5. The molecule has 0 bridgehead atoms. The van der Waals surface area contributed by atoms with Crippen molar-refractivity contribution in [3.8, 4) is 5.75 Å². The molecular weight excluding hydrogens is 404 g/mol. The first-order valence-corrected chi connectivity index (χ1v) is 11.4. The zero-order valence-electron chi connectivity index (χ0n) is 18.4. The molecule has 0 N–H and O–H groups in total. The Hall–Kier alpha value is -3.35. The van der Waals surface area contributed by atoms with E-state index in [1.54, 1.807) is 4.90 Å². The maximum Gasteiger partial charge on any atom is 0.242 e. The van der Waals surface area contributed by atoms with E-state index in [9.17, 15) is 9.59 Å². The van der Waals surface area contributed by atoms with Gasteiger partial charge in [-0.3, -0.25) is 9.59 Å². The predicted octanol–water partition coefficient (Wildman–Crippen LogP) is 3.58. The summed E-state index contributed by atoms with van der Waals surface area (Å²) in [5, 5.41) is 0. The number of carbonyl (C=O) groups is 2. The molecule has 1 atom stereocenters. The minimum atomic E-state index is -0.0871. The second kappa shape index (κ2) is 8.65. The van der Waals surface area contributed by atoms with E-state index in [1.807, 2.05) is 64.9 Å². The monoisotopic (exact) mass is 432 g/mol. The Kier molecular flexibility index (Phi) is 5.55. The first-order chi connectivity index (χ1) is 15.7. The Morgan fingerprint density at radius 1 is 1.09 bits per heavy atom. The van der Waals surface area contributed by atoms with E-state index in [2.05, 4.69) is 0 Å². The number of ether oxygens (including phenoxy) is 1. The molecule has 2 amide bonds. The average Bonchev–Trinajstić information content (AvgIpc) is 3.54. The third kappa shape index (κ3) is 3.72. The number of aromatic nitrogens is 2. The van der Waals surface area contributed by atoms with Crippen LogP contribution in [0.25, 0.3) is 11.0 Å². The summed E-state index contributed by atoms with van der Waals surface area (Å²) in [6.07, 6.45) is 2.49. The van der Waals surface area contributed by atoms with Gasteiger partial charge in [-0.15, -0.1) is 0 Å². The molecule has 0 spiro atoms. The smallest absolute Gasteiger partial charge is 0.242 e. The molecule has 32 heavy (non-hydrogen) atoms. The van der Waals surface area contributed by atoms with Crippen LogP contribution in [0.2, 0.25) is 0 Å². The lowest BCUT2D eigenvalue weighted by atomic mass is 10.1. The second-order valence-corrected chi connectivity index (χ2v) is 8.44. The van der Waals surface area contributed by atoms with Crippen LogP contribution in [-0.4, -0.2) is 52.5 Å². The van der Waals surface area contributed by atoms with Crippen LogP contribution < -0.4 is 9.64 Å². The van der Waals surface area contributed by atoms with Crippen LogP contribution in [0.5, 0.6) is 5.75 Å². The second-order valence-electron chi connectivity index (χ2n) is 8.44. The Morgan fingerprint density at radius 2 is 1.84 bits per heavy atom. The lowest BCUT2D eigenvalue weighted by Gasteiger charge is -2.21. The van der Waals surface area contributed by atoms with Gasteiger partial charge in [-0.25, -0.2) is 4.98 Å². The first kappa shape index (κ1) is 20.5. The highest BCUT2D eigenvalue weighted by Crippen LogP contribution is 2.37. The van der Waals surface area contributed by atoms with Gasteiger partial charge in [-0.1, -0.05) is 24.3 Å². The van der Waals surface area contributed by atoms with E-state index < -0.39 is 0 Å². The third-order valence-electron chi connectivity index (χ3n) is 6.38. The van der Waals surface area contributed by atoms with Gasteiger partial charge in [0.1, 0.15) is 18.1 Å². The number of nitrogens with zero attached hydrogens (tertiary/aromatic N) is 4. The van der Waals surface area contributed by atoms with Crippen LogP contribution in [0.1, 0.15) is 37.9 Å². The molecule has 2 aliphatic heterocycles. The molecule has 1 aromatic heterocycles. The number of benzene rings is 2. The summed E-state index contributed by atoms with van der Waals surface area (Å²) in [7, 11) is 0. The summed E-state index contributed by atoms with van der Waals surface area (Å²) in [5.74, 6) is 1.60. The van der Waals surface area contributed by atoms with Gasteiger partial charge in [0.05, 0.1) is 23.3 Å². The van der Waals surface area contributed by atoms with Gasteiger partial charge in [-0.2, -0.15) is 0 Å². The quantitative estimate of drug-likeness (QED) is 0.597. The number of amides is 2. The molecule has 2 saturated heterocycles. The van der Waals surface area contributed by atoms with Crippen molar-refractivity contribution >= 4 is 28.5 Å². The Labute approximate surface area is 187 Å². The Morgan fingerprint density at radius 3 is 2.66 bits per heavy atom. The van der Waals surface area contributed by atoms with Gasteiger partial charge in [0, 0.05) is 32.0 Å². The number of carbonyl (C=O) groups excluding carboxylic acids is 2. The van der Waals surface area contributed by atoms with Crippen LogP contribution in [0.4, 0.5) is 5.69 Å². The standard InChI is InChI=1S/C25H28N4O3/c1-2-32-22-12-6-5-11-21(22)28-16-18(15-23(28)30)25-26-19-9-3-4-10-20(19)29(25)17-24(31)27-13-7-8-14-27/h3-6,9-12,18H,2,7-8,13-17H2,1H3. The highest BCUT2D eigenvalue weighted by Gasteiger charge is 2.36. The molecule has 7 heteroatoms. The van der Waals surface area contributed by atoms with Crippen molar-refractivity contribution in [2.24, 2.45) is 0 Å². The number of hydrogen-bond donors (Lipinski definition) is 0. The van der Waals surface area contributed by atoms with E-state index in [4.69, 9.17) is 9.72 Å². The van der Waals surface area contributed by atoms with E-state index in [1.165, 1.54) is 0 Å². The van der Waals surface area contributed by atoms with Crippen LogP contribution >= 0.6 is 0 Å². The molecule has 3 heterocycles. The largest absolute Gasteiger partial charge is 0.492 e. The minimum Gasteiger partial charge on any atom is -0.492 e. The van der Waals surface area contributed by atoms with Crippen molar-refractivity contribution in [2.75, 3.05) is 31.1 Å². The molecule has 0 radical (unpaired) electrons. The number of anilines is 1. The fourth-order valence-corrected chi connectivity index (χ4v) is 4.84. The maximum absolute atomic E-state index is 13.0. The van der Waals surface area contributed by atoms with Gasteiger partial charge in [0.2, 0.25) is 11.8 Å². The van der Waals surface area contributed by atoms with Gasteiger partial charge in [0.15, 0.2) is 0 Å². The van der Waals surface area contributed by atoms with Crippen molar-refractivity contribution in [1.82, 2.24) is 14.5 Å². The maximum atomic E-state index is 13.0. The number of imidazole rings is 1. The van der Waals surface area contributed by atoms with Gasteiger partial charge < -0.3 is 19.1 Å². The average molecular weight is 433 g/mol. The number of fused-ring (bicyclic) bond motifs is 1. The summed E-state index contributed by atoms with van der Waals surface area (Å²) in [6, 6.07) is 15.5. The molecule has 2 aromatic carbocycles. The molecule has 166 valence electrons. The molecule has 0 aliphatic carbocycles. The van der Waals surface area contributed by atoms with Crippen LogP contribution in [0.3, 0.4) is 0 Å². The summed E-state index contributed by atoms with van der Waals surface area (Å²) < 4.78 is 7.77. The molecule has 7 nitrogen and oxygen atoms in total. The fraction of sp³-hybridized carbons (Fsp3) is 0.400. The zero-order valence-corrected chi connectivity index (χ0v) is 18.4. The van der Waals surface area contributed by atoms with Crippen LogP contribution in [0, 0.1) is 0 Å². The highest BCUT2D eigenvalue weighted by molar-refractivity contribution is 5.98. The topological polar surface area (TPSA) is 67.7 Å². The SMILES string of the molecule is CCOc1ccccc1N1CC(c2nc3ccccc3n2CC(=O)N2CCCC2)CC1=O. The molecule has 2 aliphatic rings. The van der Waals surface area contributed by atoms with E-state index in [-0.39, 0.29) is 24.3 Å². The summed E-state index contributed by atoms with van der Waals surface area (Å²) in [4.78, 5) is 34.6. The third-order valence-corrected chi connectivity index (χ3v) is 6.38. The number of rotatable bonds is 6. The van der Waals surface area contributed by atoms with E-state index in [0.29, 0.717) is 25.3 Å². The van der Waals surface area contributed by atoms with Gasteiger partial charge in [-0.05, 0) is 44.0 Å². The van der Waals surface area contributed by atoms with Gasteiger partial charge in [0.25, 0.3) is 0 Å². The van der Waals surface area contributed by atoms with Crippen molar-refractivity contribution < 1.29 is 14.3 Å². The van der Waals surface area contributed by atoms with Crippen LogP contribution in [0.15, 0.2) is 48.5 Å². The molecule has 3 aromatic rings. The number of hydrogen-bond acceptors (Lipinski definition) is 4. The summed E-state index contributed by atoms with van der Waals surface area (Å²) in [6.45, 7) is 4.90. The predicted molar refractivity (Wildman–Crippen MR) is 123 cm³/mol.